The first-order chi connectivity index (χ1) is 7.81. The molecule has 1 aromatic carbocycles. The Bertz CT molecular complexity index is 324. The monoisotopic (exact) mass is 280 g/mol. The Morgan fingerprint density at radius 1 is 1.12 bits per heavy atom. The van der Waals surface area contributed by atoms with Crippen LogP contribution >= 0.6 is 15.9 Å². The van der Waals surface area contributed by atoms with Gasteiger partial charge in [-0.05, 0) is 49.1 Å². The van der Waals surface area contributed by atoms with E-state index in [0.29, 0.717) is 0 Å². The first kappa shape index (κ1) is 12.2. The van der Waals surface area contributed by atoms with Gasteiger partial charge < -0.3 is 0 Å². The lowest BCUT2D eigenvalue weighted by molar-refractivity contribution is 0.308. The smallest absolute Gasteiger partial charge is 0.0210 e. The summed E-state index contributed by atoms with van der Waals surface area (Å²) in [4.78, 5) is 0. The minimum atomic E-state index is 0.795. The highest BCUT2D eigenvalue weighted by atomic mass is 79.9. The van der Waals surface area contributed by atoms with Crippen LogP contribution in [0.15, 0.2) is 28.7 Å². The maximum Gasteiger partial charge on any atom is 0.0210 e. The average molecular weight is 281 g/mol. The Labute approximate surface area is 108 Å². The molecule has 0 unspecified atom stereocenters. The molecule has 0 nitrogen and oxygen atoms in total. The largest absolute Gasteiger partial charge is 0.0654 e. The maximum atomic E-state index is 3.68. The quantitative estimate of drug-likeness (QED) is 0.684. The van der Waals surface area contributed by atoms with Crippen molar-refractivity contribution in [2.45, 2.75) is 51.4 Å². The lowest BCUT2D eigenvalue weighted by atomic mass is 9.77. The molecule has 1 aliphatic carbocycles. The van der Waals surface area contributed by atoms with Crippen LogP contribution in [0.1, 0.15) is 56.9 Å². The zero-order valence-corrected chi connectivity index (χ0v) is 11.7. The van der Waals surface area contributed by atoms with Gasteiger partial charge in [-0.2, -0.15) is 0 Å². The van der Waals surface area contributed by atoms with Crippen molar-refractivity contribution in [1.29, 1.82) is 0 Å². The molecule has 0 heterocycles. The minimum absolute atomic E-state index is 0.795. The van der Waals surface area contributed by atoms with Crippen LogP contribution in [0.4, 0.5) is 0 Å². The third-order valence-electron chi connectivity index (χ3n) is 3.89. The van der Waals surface area contributed by atoms with Crippen molar-refractivity contribution in [1.82, 2.24) is 0 Å². The molecule has 1 saturated carbocycles. The molecular weight excluding hydrogens is 260 g/mol. The van der Waals surface area contributed by atoms with Crippen molar-refractivity contribution in [3.05, 3.63) is 34.3 Å². The van der Waals surface area contributed by atoms with Crippen molar-refractivity contribution in [3.8, 4) is 0 Å². The van der Waals surface area contributed by atoms with E-state index in [2.05, 4.69) is 47.1 Å². The first-order valence-corrected chi connectivity index (χ1v) is 7.35. The van der Waals surface area contributed by atoms with Crippen molar-refractivity contribution in [3.63, 3.8) is 0 Å². The number of hydrogen-bond donors (Lipinski definition) is 0. The third-order valence-corrected chi connectivity index (χ3v) is 4.61. The molecule has 1 heteroatoms. The van der Waals surface area contributed by atoms with Crippen molar-refractivity contribution in [2.75, 3.05) is 0 Å². The van der Waals surface area contributed by atoms with Gasteiger partial charge in [0.25, 0.3) is 0 Å². The van der Waals surface area contributed by atoms with E-state index >= 15 is 0 Å². The fourth-order valence-electron chi connectivity index (χ4n) is 2.98. The molecule has 88 valence electrons. The van der Waals surface area contributed by atoms with Gasteiger partial charge in [-0.15, -0.1) is 0 Å². The molecule has 1 aromatic rings. The van der Waals surface area contributed by atoms with E-state index in [1.165, 1.54) is 48.6 Å². The van der Waals surface area contributed by atoms with Crippen LogP contribution in [0.25, 0.3) is 0 Å². The molecule has 0 radical (unpaired) electrons. The van der Waals surface area contributed by atoms with E-state index in [0.717, 1.165) is 11.8 Å². The van der Waals surface area contributed by atoms with Crippen molar-refractivity contribution >= 4 is 15.9 Å². The highest BCUT2D eigenvalue weighted by molar-refractivity contribution is 9.10. The summed E-state index contributed by atoms with van der Waals surface area (Å²) in [5.41, 5.74) is 1.53. The average Bonchev–Trinajstić information content (AvgIpc) is 2.31. The SMILES string of the molecule is CCC[C@H]1CC[C@H](c2ccccc2Br)CC1. The molecule has 1 fully saturated rings. The van der Waals surface area contributed by atoms with Crippen LogP contribution in [0, 0.1) is 5.92 Å². The second-order valence-electron chi connectivity index (χ2n) is 5.03. The van der Waals surface area contributed by atoms with Crippen LogP contribution in [-0.4, -0.2) is 0 Å². The summed E-state index contributed by atoms with van der Waals surface area (Å²) in [6, 6.07) is 8.73. The zero-order chi connectivity index (χ0) is 11.4. The summed E-state index contributed by atoms with van der Waals surface area (Å²) in [7, 11) is 0. The molecule has 2 rings (SSSR count). The predicted octanol–water partition coefficient (Wildman–Crippen LogP) is 5.52. The molecule has 0 saturated heterocycles. The van der Waals surface area contributed by atoms with Crippen LogP contribution in [0.2, 0.25) is 0 Å². The maximum absolute atomic E-state index is 3.68. The molecule has 0 aliphatic heterocycles. The number of halogens is 1. The van der Waals surface area contributed by atoms with Crippen LogP contribution in [-0.2, 0) is 0 Å². The van der Waals surface area contributed by atoms with Gasteiger partial charge in [0.1, 0.15) is 0 Å². The highest BCUT2D eigenvalue weighted by Gasteiger charge is 2.22. The van der Waals surface area contributed by atoms with Crippen molar-refractivity contribution < 1.29 is 0 Å². The van der Waals surface area contributed by atoms with Crippen LogP contribution < -0.4 is 0 Å². The van der Waals surface area contributed by atoms with Crippen molar-refractivity contribution in [2.24, 2.45) is 5.92 Å². The Morgan fingerprint density at radius 3 is 2.44 bits per heavy atom. The van der Waals surface area contributed by atoms with Gasteiger partial charge in [0, 0.05) is 4.47 Å². The normalized spacial score (nSPS) is 25.6. The topological polar surface area (TPSA) is 0 Å². The van der Waals surface area contributed by atoms with Gasteiger partial charge in [-0.3, -0.25) is 0 Å². The first-order valence-electron chi connectivity index (χ1n) is 6.55. The second kappa shape index (κ2) is 5.86. The molecule has 0 atom stereocenters. The van der Waals surface area contributed by atoms with Gasteiger partial charge in [-0.1, -0.05) is 53.9 Å². The molecule has 0 aromatic heterocycles. The summed E-state index contributed by atoms with van der Waals surface area (Å²) in [5, 5.41) is 0. The van der Waals surface area contributed by atoms with Gasteiger partial charge in [-0.25, -0.2) is 0 Å². The Hall–Kier alpha value is -0.300. The van der Waals surface area contributed by atoms with Gasteiger partial charge in [0.15, 0.2) is 0 Å². The summed E-state index contributed by atoms with van der Waals surface area (Å²) in [6.07, 6.45) is 8.41. The molecule has 0 N–H and O–H groups in total. The molecule has 0 amide bonds. The lowest BCUT2D eigenvalue weighted by Gasteiger charge is -2.29. The molecular formula is C15H21Br. The summed E-state index contributed by atoms with van der Waals surface area (Å²) in [5.74, 6) is 1.80. The standard InChI is InChI=1S/C15H21Br/c1-2-5-12-8-10-13(11-9-12)14-6-3-4-7-15(14)16/h3-4,6-7,12-13H,2,5,8-11H2,1H3/t12-,13-. The molecule has 1 aliphatic rings. The van der Waals surface area contributed by atoms with E-state index in [9.17, 15) is 0 Å². The van der Waals surface area contributed by atoms with Gasteiger partial charge in [0.05, 0.1) is 0 Å². The number of benzene rings is 1. The third kappa shape index (κ3) is 2.88. The fraction of sp³-hybridized carbons (Fsp3) is 0.600. The Morgan fingerprint density at radius 2 is 1.81 bits per heavy atom. The van der Waals surface area contributed by atoms with E-state index in [-0.39, 0.29) is 0 Å². The van der Waals surface area contributed by atoms with Crippen LogP contribution in [0.5, 0.6) is 0 Å². The van der Waals surface area contributed by atoms with E-state index in [1.807, 2.05) is 0 Å². The Balaban J connectivity index is 1.96. The van der Waals surface area contributed by atoms with E-state index in [4.69, 9.17) is 0 Å². The predicted molar refractivity (Wildman–Crippen MR) is 73.7 cm³/mol. The highest BCUT2D eigenvalue weighted by Crippen LogP contribution is 2.39. The summed E-state index contributed by atoms with van der Waals surface area (Å²) < 4.78 is 1.30. The van der Waals surface area contributed by atoms with E-state index < -0.39 is 0 Å². The zero-order valence-electron chi connectivity index (χ0n) is 10.1. The number of rotatable bonds is 3. The molecule has 16 heavy (non-hydrogen) atoms. The Kier molecular flexibility index (Phi) is 4.45. The van der Waals surface area contributed by atoms with Gasteiger partial charge >= 0.3 is 0 Å². The minimum Gasteiger partial charge on any atom is -0.0654 e. The van der Waals surface area contributed by atoms with Crippen LogP contribution in [0.3, 0.4) is 0 Å². The fourth-order valence-corrected chi connectivity index (χ4v) is 3.59. The summed E-state index contributed by atoms with van der Waals surface area (Å²) in [6.45, 7) is 2.31. The summed E-state index contributed by atoms with van der Waals surface area (Å²) >= 11 is 3.68. The molecule has 0 spiro atoms. The molecule has 0 bridgehead atoms. The van der Waals surface area contributed by atoms with Gasteiger partial charge in [0.2, 0.25) is 0 Å². The second-order valence-corrected chi connectivity index (χ2v) is 5.88. The lowest BCUT2D eigenvalue weighted by Crippen LogP contribution is -2.13. The van der Waals surface area contributed by atoms with E-state index in [1.54, 1.807) is 0 Å². The number of hydrogen-bond acceptors (Lipinski definition) is 0.